The first-order chi connectivity index (χ1) is 12.1. The summed E-state index contributed by atoms with van der Waals surface area (Å²) in [4.78, 5) is 11.5. The van der Waals surface area contributed by atoms with E-state index in [1.165, 1.54) is 19.3 Å². The van der Waals surface area contributed by atoms with Gasteiger partial charge in [0.2, 0.25) is 0 Å². The molecule has 4 aliphatic rings. The molecular weight excluding hydrogens is 316 g/mol. The Morgan fingerprint density at radius 1 is 0.960 bits per heavy atom. The molecule has 1 aromatic carbocycles. The van der Waals surface area contributed by atoms with Gasteiger partial charge in [-0.25, -0.2) is 4.79 Å². The van der Waals surface area contributed by atoms with E-state index in [1.54, 1.807) is 6.08 Å². The summed E-state index contributed by atoms with van der Waals surface area (Å²) in [6.07, 6.45) is 11.7. The Morgan fingerprint density at radius 2 is 1.52 bits per heavy atom. The zero-order chi connectivity index (χ0) is 17.7. The summed E-state index contributed by atoms with van der Waals surface area (Å²) >= 11 is 0. The van der Waals surface area contributed by atoms with Gasteiger partial charge in [0, 0.05) is 0 Å². The number of hydrogen-bond donors (Lipinski definition) is 2. The first kappa shape index (κ1) is 17.6. The van der Waals surface area contributed by atoms with Gasteiger partial charge in [-0.3, -0.25) is 0 Å². The van der Waals surface area contributed by atoms with Crippen molar-refractivity contribution in [3.63, 3.8) is 0 Å². The number of rotatable bonds is 3. The number of ether oxygens (including phenoxy) is 1. The molecule has 0 saturated heterocycles. The van der Waals surface area contributed by atoms with Gasteiger partial charge in [-0.1, -0.05) is 30.3 Å². The molecule has 134 valence electrons. The molecule has 25 heavy (non-hydrogen) atoms. The minimum Gasteiger partial charge on any atom is -0.516 e. The molecule has 4 bridgehead atoms. The number of benzene rings is 1. The predicted molar refractivity (Wildman–Crippen MR) is 96.9 cm³/mol. The molecule has 0 spiro atoms. The summed E-state index contributed by atoms with van der Waals surface area (Å²) < 4.78 is 5.61. The number of esters is 1. The van der Waals surface area contributed by atoms with Gasteiger partial charge in [0.05, 0.1) is 18.6 Å². The van der Waals surface area contributed by atoms with E-state index in [0.717, 1.165) is 61.2 Å². The van der Waals surface area contributed by atoms with E-state index in [1.807, 2.05) is 30.3 Å². The predicted octanol–water partition coefficient (Wildman–Crippen LogP) is 4.79. The van der Waals surface area contributed by atoms with E-state index in [9.17, 15) is 4.79 Å². The molecule has 4 aliphatic carbocycles. The van der Waals surface area contributed by atoms with E-state index < -0.39 is 0 Å². The molecule has 2 N–H and O–H groups in total. The molecule has 0 atom stereocenters. The van der Waals surface area contributed by atoms with Crippen molar-refractivity contribution in [2.75, 3.05) is 0 Å². The molecule has 0 heterocycles. The van der Waals surface area contributed by atoms with Crippen LogP contribution in [0.4, 0.5) is 0 Å². The fourth-order valence-electron chi connectivity index (χ4n) is 5.11. The lowest BCUT2D eigenvalue weighted by Crippen LogP contribution is -2.52. The second-order valence-electron chi connectivity index (χ2n) is 7.56. The normalized spacial score (nSPS) is 32.6. The zero-order valence-corrected chi connectivity index (χ0v) is 14.4. The van der Waals surface area contributed by atoms with Crippen LogP contribution in [0.15, 0.2) is 48.9 Å². The Labute approximate surface area is 148 Å². The van der Waals surface area contributed by atoms with E-state index in [0.29, 0.717) is 0 Å². The molecule has 1 aromatic rings. The van der Waals surface area contributed by atoms with Gasteiger partial charge in [-0.05, 0) is 67.9 Å². The Kier molecular flexibility index (Phi) is 5.47. The van der Waals surface area contributed by atoms with Crippen molar-refractivity contribution in [2.45, 2.75) is 44.1 Å². The average molecular weight is 342 g/mol. The molecule has 0 aliphatic heterocycles. The topological polar surface area (TPSA) is 66.8 Å². The highest BCUT2D eigenvalue weighted by Crippen LogP contribution is 2.57. The van der Waals surface area contributed by atoms with Crippen LogP contribution in [0.2, 0.25) is 0 Å². The van der Waals surface area contributed by atoms with Crippen molar-refractivity contribution in [3.05, 3.63) is 54.5 Å². The van der Waals surface area contributed by atoms with Crippen LogP contribution >= 0.6 is 0 Å². The Morgan fingerprint density at radius 3 is 2.00 bits per heavy atom. The zero-order valence-electron chi connectivity index (χ0n) is 14.4. The largest absolute Gasteiger partial charge is 0.516 e. The molecule has 4 fully saturated rings. The molecule has 4 saturated carbocycles. The third-order valence-corrected chi connectivity index (χ3v) is 5.58. The number of carbonyl (C=O) groups excluding carboxylic acids is 1. The van der Waals surface area contributed by atoms with Gasteiger partial charge < -0.3 is 14.9 Å². The van der Waals surface area contributed by atoms with Crippen molar-refractivity contribution in [1.29, 1.82) is 0 Å². The van der Waals surface area contributed by atoms with Gasteiger partial charge in [0.1, 0.15) is 5.60 Å². The molecule has 0 radical (unpaired) electrons. The van der Waals surface area contributed by atoms with Gasteiger partial charge >= 0.3 is 5.97 Å². The average Bonchev–Trinajstić information content (AvgIpc) is 2.55. The van der Waals surface area contributed by atoms with Crippen LogP contribution < -0.4 is 0 Å². The van der Waals surface area contributed by atoms with Crippen molar-refractivity contribution < 1.29 is 19.7 Å². The van der Waals surface area contributed by atoms with E-state index >= 15 is 0 Å². The van der Waals surface area contributed by atoms with Crippen LogP contribution in [0, 0.1) is 17.8 Å². The quantitative estimate of drug-likeness (QED) is 0.471. The first-order valence-electron chi connectivity index (χ1n) is 9.02. The number of carbonyl (C=O) groups is 1. The Balaban J connectivity index is 0.000000173. The van der Waals surface area contributed by atoms with Gasteiger partial charge in [0.15, 0.2) is 0 Å². The maximum Gasteiger partial charge on any atom is 0.334 e. The lowest BCUT2D eigenvalue weighted by molar-refractivity contribution is -0.181. The highest BCUT2D eigenvalue weighted by molar-refractivity contribution is 5.82. The number of hydrogen-bond acceptors (Lipinski definition) is 4. The fourth-order valence-corrected chi connectivity index (χ4v) is 5.11. The molecule has 4 nitrogen and oxygen atoms in total. The van der Waals surface area contributed by atoms with Crippen LogP contribution in [-0.2, 0) is 9.53 Å². The molecule has 0 amide bonds. The summed E-state index contributed by atoms with van der Waals surface area (Å²) in [7, 11) is 0. The maximum absolute atomic E-state index is 11.5. The van der Waals surface area contributed by atoms with E-state index in [-0.39, 0.29) is 11.6 Å². The van der Waals surface area contributed by atoms with Gasteiger partial charge in [0.25, 0.3) is 0 Å². The SMILES string of the molecule is O=C(C=CO)OC12CC3CC(CC(C3)C1)C2.OC=Cc1ccccc1. The highest BCUT2D eigenvalue weighted by Gasteiger charge is 2.53. The summed E-state index contributed by atoms with van der Waals surface area (Å²) in [5.74, 6) is 1.94. The molecular formula is C21H26O4. The third-order valence-electron chi connectivity index (χ3n) is 5.58. The van der Waals surface area contributed by atoms with Crippen LogP contribution in [0.5, 0.6) is 0 Å². The number of aliphatic hydroxyl groups is 2. The molecule has 0 aromatic heterocycles. The smallest absolute Gasteiger partial charge is 0.334 e. The first-order valence-corrected chi connectivity index (χ1v) is 9.02. The maximum atomic E-state index is 11.5. The van der Waals surface area contributed by atoms with Crippen molar-refractivity contribution in [1.82, 2.24) is 0 Å². The van der Waals surface area contributed by atoms with Crippen LogP contribution in [-0.4, -0.2) is 21.8 Å². The second kappa shape index (κ2) is 7.77. The monoisotopic (exact) mass is 342 g/mol. The van der Waals surface area contributed by atoms with Crippen molar-refractivity contribution >= 4 is 12.0 Å². The fraction of sp³-hybridized carbons (Fsp3) is 0.476. The minimum absolute atomic E-state index is 0.189. The molecule has 4 heteroatoms. The van der Waals surface area contributed by atoms with Crippen molar-refractivity contribution in [2.24, 2.45) is 17.8 Å². The van der Waals surface area contributed by atoms with E-state index in [2.05, 4.69) is 0 Å². The van der Waals surface area contributed by atoms with Gasteiger partial charge in [-0.2, -0.15) is 0 Å². The van der Waals surface area contributed by atoms with Crippen molar-refractivity contribution in [3.8, 4) is 0 Å². The summed E-state index contributed by atoms with van der Waals surface area (Å²) in [5, 5.41) is 16.9. The second-order valence-corrected chi connectivity index (χ2v) is 7.56. The number of aliphatic hydroxyl groups excluding tert-OH is 2. The van der Waals surface area contributed by atoms with Crippen LogP contribution in [0.1, 0.15) is 44.1 Å². The highest BCUT2D eigenvalue weighted by atomic mass is 16.6. The third kappa shape index (κ3) is 4.44. The van der Waals surface area contributed by atoms with Gasteiger partial charge in [-0.15, -0.1) is 0 Å². The summed E-state index contributed by atoms with van der Waals surface area (Å²) in [6.45, 7) is 0. The summed E-state index contributed by atoms with van der Waals surface area (Å²) in [5.41, 5.74) is 0.825. The van der Waals surface area contributed by atoms with Crippen LogP contribution in [0.25, 0.3) is 6.08 Å². The lowest BCUT2D eigenvalue weighted by Gasteiger charge is -2.55. The van der Waals surface area contributed by atoms with E-state index in [4.69, 9.17) is 14.9 Å². The standard InChI is InChI=1S/C13H18O3.C8H8O/c14-2-1-12(15)16-13-6-9-3-10(7-13)5-11(4-9)8-13;9-7-6-8-4-2-1-3-5-8/h1-2,9-11,14H,3-8H2;1-7,9H. The molecule has 0 unspecified atom stereocenters. The van der Waals surface area contributed by atoms with Crippen LogP contribution in [0.3, 0.4) is 0 Å². The minimum atomic E-state index is -0.385. The molecule has 5 rings (SSSR count). The Hall–Kier alpha value is -2.23. The lowest BCUT2D eigenvalue weighted by atomic mass is 9.54. The Bertz CT molecular complexity index is 597. The summed E-state index contributed by atoms with van der Waals surface area (Å²) in [6, 6.07) is 9.64.